The molecule has 1 aromatic rings. The molecule has 0 atom stereocenters. The van der Waals surface area contributed by atoms with Crippen molar-refractivity contribution >= 4 is 31.3 Å². The van der Waals surface area contributed by atoms with E-state index in [0.717, 1.165) is 25.5 Å². The monoisotopic (exact) mass is 338 g/mol. The number of rotatable bonds is 8. The lowest BCUT2D eigenvalue weighted by Gasteiger charge is -2.05. The quantitative estimate of drug-likeness (QED) is 0.540. The van der Waals surface area contributed by atoms with Gasteiger partial charge in [-0.1, -0.05) is 12.8 Å². The van der Waals surface area contributed by atoms with Crippen molar-refractivity contribution < 1.29 is 16.8 Å². The van der Waals surface area contributed by atoms with Crippen LogP contribution in [0, 0.1) is 0 Å². The van der Waals surface area contributed by atoms with Gasteiger partial charge in [0.2, 0.25) is 0 Å². The third-order valence-corrected chi connectivity index (χ3v) is 6.12. The summed E-state index contributed by atoms with van der Waals surface area (Å²) in [6.07, 6.45) is 4.32. The van der Waals surface area contributed by atoms with Crippen molar-refractivity contribution in [1.29, 1.82) is 0 Å². The maximum Gasteiger partial charge on any atom is 0.178 e. The highest BCUT2D eigenvalue weighted by Gasteiger charge is 2.15. The molecule has 0 saturated carbocycles. The van der Waals surface area contributed by atoms with Gasteiger partial charge in [0.25, 0.3) is 0 Å². The molecular formula is C13H19ClO4S2. The second-order valence-corrected chi connectivity index (χ2v) is 9.17. The summed E-state index contributed by atoms with van der Waals surface area (Å²) in [4.78, 5) is 0.292. The first kappa shape index (κ1) is 17.5. The molecule has 0 heterocycles. The number of sulfone groups is 2. The topological polar surface area (TPSA) is 68.3 Å². The minimum atomic E-state index is -3.34. The Hall–Kier alpha value is -0.590. The first-order valence-electron chi connectivity index (χ1n) is 6.36. The maximum absolute atomic E-state index is 12.1. The summed E-state index contributed by atoms with van der Waals surface area (Å²) in [7, 11) is -6.64. The van der Waals surface area contributed by atoms with Gasteiger partial charge in [0.15, 0.2) is 19.7 Å². The summed E-state index contributed by atoms with van der Waals surface area (Å²) < 4.78 is 46.7. The van der Waals surface area contributed by atoms with Gasteiger partial charge in [-0.05, 0) is 37.1 Å². The van der Waals surface area contributed by atoms with Crippen LogP contribution in [0.15, 0.2) is 34.1 Å². The molecule has 1 rings (SSSR count). The molecule has 1 aromatic carbocycles. The summed E-state index contributed by atoms with van der Waals surface area (Å²) in [6, 6.07) is 5.36. The molecule has 0 N–H and O–H groups in total. The normalized spacial score (nSPS) is 12.5. The fourth-order valence-electron chi connectivity index (χ4n) is 1.75. The van der Waals surface area contributed by atoms with Crippen molar-refractivity contribution in [2.45, 2.75) is 35.5 Å². The van der Waals surface area contributed by atoms with E-state index < -0.39 is 19.7 Å². The molecule has 0 spiro atoms. The first-order chi connectivity index (χ1) is 9.27. The molecule has 4 nitrogen and oxygen atoms in total. The minimum Gasteiger partial charge on any atom is -0.224 e. The lowest BCUT2D eigenvalue weighted by atomic mass is 10.2. The van der Waals surface area contributed by atoms with Crippen molar-refractivity contribution in [2.75, 3.05) is 17.9 Å². The maximum atomic E-state index is 12.1. The van der Waals surface area contributed by atoms with Gasteiger partial charge in [-0.2, -0.15) is 0 Å². The SMILES string of the molecule is CS(=O)(=O)c1ccc(S(=O)(=O)CCCCCCCl)cc1. The van der Waals surface area contributed by atoms with Gasteiger partial charge in [0.05, 0.1) is 15.5 Å². The standard InChI is InChI=1S/C13H19ClO4S2/c1-19(15,16)12-6-8-13(9-7-12)20(17,18)11-5-3-2-4-10-14/h6-9H,2-5,10-11H2,1H3. The molecule has 0 saturated heterocycles. The highest BCUT2D eigenvalue weighted by atomic mass is 35.5. The molecule has 0 fully saturated rings. The van der Waals surface area contributed by atoms with Gasteiger partial charge >= 0.3 is 0 Å². The van der Waals surface area contributed by atoms with Gasteiger partial charge in [-0.25, -0.2) is 16.8 Å². The van der Waals surface area contributed by atoms with E-state index in [-0.39, 0.29) is 15.5 Å². The van der Waals surface area contributed by atoms with Crippen LogP contribution in [-0.2, 0) is 19.7 Å². The fraction of sp³-hybridized carbons (Fsp3) is 0.538. The third kappa shape index (κ3) is 5.42. The Morgan fingerprint density at radius 3 is 1.85 bits per heavy atom. The number of hydrogen-bond donors (Lipinski definition) is 0. The molecule has 0 bridgehead atoms. The van der Waals surface area contributed by atoms with Crippen LogP contribution in [0.25, 0.3) is 0 Å². The Labute approximate surface area is 126 Å². The predicted octanol–water partition coefficient (Wildman–Crippen LogP) is 2.66. The molecule has 0 aliphatic carbocycles. The minimum absolute atomic E-state index is 0.0769. The summed E-state index contributed by atoms with van der Waals surface area (Å²) >= 11 is 5.55. The molecule has 0 aromatic heterocycles. The first-order valence-corrected chi connectivity index (χ1v) is 10.4. The highest BCUT2D eigenvalue weighted by Crippen LogP contribution is 2.17. The van der Waals surface area contributed by atoms with E-state index >= 15 is 0 Å². The molecular weight excluding hydrogens is 320 g/mol. The number of unbranched alkanes of at least 4 members (excludes halogenated alkanes) is 3. The average molecular weight is 339 g/mol. The van der Waals surface area contributed by atoms with Gasteiger partial charge in [0, 0.05) is 12.1 Å². The Morgan fingerprint density at radius 1 is 0.850 bits per heavy atom. The van der Waals surface area contributed by atoms with Crippen LogP contribution >= 0.6 is 11.6 Å². The van der Waals surface area contributed by atoms with Crippen molar-refractivity contribution in [3.05, 3.63) is 24.3 Å². The second-order valence-electron chi connectivity index (χ2n) is 4.67. The molecule has 20 heavy (non-hydrogen) atoms. The zero-order chi connectivity index (χ0) is 15.2. The Morgan fingerprint density at radius 2 is 1.35 bits per heavy atom. The van der Waals surface area contributed by atoms with Crippen LogP contribution in [0.2, 0.25) is 0 Å². The number of benzene rings is 1. The molecule has 7 heteroatoms. The summed E-state index contributed by atoms with van der Waals surface area (Å²) in [5.41, 5.74) is 0. The molecule has 0 aliphatic heterocycles. The van der Waals surface area contributed by atoms with Gasteiger partial charge < -0.3 is 0 Å². The smallest absolute Gasteiger partial charge is 0.178 e. The number of hydrogen-bond acceptors (Lipinski definition) is 4. The van der Waals surface area contributed by atoms with E-state index in [9.17, 15) is 16.8 Å². The van der Waals surface area contributed by atoms with Crippen molar-refractivity contribution in [1.82, 2.24) is 0 Å². The molecule has 0 amide bonds. The average Bonchev–Trinajstić information content (AvgIpc) is 2.37. The van der Waals surface area contributed by atoms with Crippen LogP contribution in [0.3, 0.4) is 0 Å². The molecule has 114 valence electrons. The van der Waals surface area contributed by atoms with E-state index in [4.69, 9.17) is 11.6 Å². The van der Waals surface area contributed by atoms with Gasteiger partial charge in [-0.3, -0.25) is 0 Å². The van der Waals surface area contributed by atoms with E-state index in [0.29, 0.717) is 12.3 Å². The van der Waals surface area contributed by atoms with E-state index in [1.807, 2.05) is 0 Å². The Bertz CT molecular complexity index is 619. The fourth-order valence-corrected chi connectivity index (χ4v) is 3.94. The van der Waals surface area contributed by atoms with E-state index in [1.54, 1.807) is 0 Å². The second kappa shape index (κ2) is 7.43. The van der Waals surface area contributed by atoms with Crippen LogP contribution in [0.1, 0.15) is 25.7 Å². The van der Waals surface area contributed by atoms with Gasteiger partial charge in [0.1, 0.15) is 0 Å². The van der Waals surface area contributed by atoms with Gasteiger partial charge in [-0.15, -0.1) is 11.6 Å². The molecule has 0 aliphatic rings. The predicted molar refractivity (Wildman–Crippen MR) is 80.8 cm³/mol. The zero-order valence-electron chi connectivity index (χ0n) is 11.4. The van der Waals surface area contributed by atoms with Crippen LogP contribution in [-0.4, -0.2) is 34.7 Å². The van der Waals surface area contributed by atoms with Crippen molar-refractivity contribution in [3.8, 4) is 0 Å². The van der Waals surface area contributed by atoms with E-state index in [1.165, 1.54) is 24.3 Å². The summed E-state index contributed by atoms with van der Waals surface area (Å²) in [5.74, 6) is 0.674. The van der Waals surface area contributed by atoms with Crippen LogP contribution < -0.4 is 0 Å². The summed E-state index contributed by atoms with van der Waals surface area (Å²) in [6.45, 7) is 0. The van der Waals surface area contributed by atoms with Crippen LogP contribution in [0.5, 0.6) is 0 Å². The Kier molecular flexibility index (Phi) is 6.48. The number of halogens is 1. The van der Waals surface area contributed by atoms with Crippen molar-refractivity contribution in [3.63, 3.8) is 0 Å². The van der Waals surface area contributed by atoms with Crippen molar-refractivity contribution in [2.24, 2.45) is 0 Å². The van der Waals surface area contributed by atoms with E-state index in [2.05, 4.69) is 0 Å². The lowest BCUT2D eigenvalue weighted by Crippen LogP contribution is -2.07. The lowest BCUT2D eigenvalue weighted by molar-refractivity contribution is 0.588. The Balaban J connectivity index is 2.69. The largest absolute Gasteiger partial charge is 0.224 e. The number of alkyl halides is 1. The summed E-state index contributed by atoms with van der Waals surface area (Å²) in [5, 5.41) is 0. The molecule has 0 unspecified atom stereocenters. The van der Waals surface area contributed by atoms with Crippen LogP contribution in [0.4, 0.5) is 0 Å². The highest BCUT2D eigenvalue weighted by molar-refractivity contribution is 7.91. The molecule has 0 radical (unpaired) electrons. The third-order valence-electron chi connectivity index (χ3n) is 2.91. The zero-order valence-corrected chi connectivity index (χ0v) is 13.8.